The third-order valence-corrected chi connectivity index (χ3v) is 12.1. The van der Waals surface area contributed by atoms with Gasteiger partial charge in [-0.2, -0.15) is 23.5 Å². The topological polar surface area (TPSA) is 164 Å². The van der Waals surface area contributed by atoms with Crippen LogP contribution in [0.5, 0.6) is 0 Å². The van der Waals surface area contributed by atoms with Crippen molar-refractivity contribution in [2.45, 2.75) is 75.3 Å². The molecule has 5 aliphatic rings. The summed E-state index contributed by atoms with van der Waals surface area (Å²) < 4.78 is 57.2. The van der Waals surface area contributed by atoms with E-state index in [2.05, 4.69) is 25.5 Å². The van der Waals surface area contributed by atoms with Crippen molar-refractivity contribution < 1.29 is 41.5 Å². The summed E-state index contributed by atoms with van der Waals surface area (Å²) in [4.78, 5) is 71.0. The maximum Gasteiger partial charge on any atom is 0.417 e. The second kappa shape index (κ2) is 14.1. The molecule has 8 rings (SSSR count). The van der Waals surface area contributed by atoms with Gasteiger partial charge in [-0.05, 0) is 88.0 Å². The summed E-state index contributed by atoms with van der Waals surface area (Å²) in [6.07, 6.45) is 0.594. The molecular formula is C39H39F4N9O5. The van der Waals surface area contributed by atoms with Gasteiger partial charge < -0.3 is 10.2 Å². The molecule has 298 valence electrons. The van der Waals surface area contributed by atoms with E-state index in [1.165, 1.54) is 22.9 Å². The Morgan fingerprint density at radius 3 is 2.25 bits per heavy atom. The van der Waals surface area contributed by atoms with E-state index >= 15 is 4.39 Å². The number of carbonyl (C=O) groups excluding carboxylic acids is 5. The molecule has 4 saturated heterocycles. The summed E-state index contributed by atoms with van der Waals surface area (Å²) >= 11 is 0. The van der Waals surface area contributed by atoms with Gasteiger partial charge in [0.05, 0.1) is 40.2 Å². The van der Waals surface area contributed by atoms with Gasteiger partial charge in [0.25, 0.3) is 17.7 Å². The number of hydrogen-bond donors (Lipinski definition) is 2. The predicted octanol–water partition coefficient (Wildman–Crippen LogP) is 3.44. The van der Waals surface area contributed by atoms with Crippen LogP contribution in [0.4, 0.5) is 28.9 Å². The molecule has 0 radical (unpaired) electrons. The Morgan fingerprint density at radius 2 is 1.60 bits per heavy atom. The number of halogens is 4. The van der Waals surface area contributed by atoms with Gasteiger partial charge in [-0.25, -0.2) is 4.39 Å². The second-order valence-electron chi connectivity index (χ2n) is 15.9. The number of carbonyl (C=O) groups is 5. The molecule has 18 heteroatoms. The van der Waals surface area contributed by atoms with Crippen molar-refractivity contribution in [2.24, 2.45) is 0 Å². The lowest BCUT2D eigenvalue weighted by molar-refractivity contribution is -0.138. The maximum absolute atomic E-state index is 15.3. The summed E-state index contributed by atoms with van der Waals surface area (Å²) in [6.45, 7) is 7.86. The molecule has 0 spiro atoms. The second-order valence-corrected chi connectivity index (χ2v) is 15.9. The lowest BCUT2D eigenvalue weighted by atomic mass is 9.89. The van der Waals surface area contributed by atoms with Crippen molar-refractivity contribution >= 4 is 40.9 Å². The lowest BCUT2D eigenvalue weighted by Crippen LogP contribution is -2.70. The number of alkyl halides is 3. The zero-order valence-electron chi connectivity index (χ0n) is 31.1. The van der Waals surface area contributed by atoms with Crippen LogP contribution in [0, 0.1) is 17.1 Å². The standard InChI is InChI=1S/C39H39F4N9O5/c1-38(2,37(57)46-24-4-3-22(14-44)29(11-24)39(41,42)43)51-16-23(15-45-51)21-7-9-48(10-8-21)25-17-49(18-25)26-19-50(20-26)32-13-28-27(12-30(32)40)35(55)52(36(28)56)31-5-6-33(53)47-34(31)54/h3-4,11-13,15-16,21,25-26,31H,5-10,17-20H2,1-2H3,(H,46,57)(H,47,53,54). The highest BCUT2D eigenvalue weighted by Gasteiger charge is 2.47. The number of likely N-dealkylation sites (tertiary alicyclic amines) is 2. The molecule has 1 unspecified atom stereocenters. The quantitative estimate of drug-likeness (QED) is 0.255. The van der Waals surface area contributed by atoms with Crippen LogP contribution in [0.3, 0.4) is 0 Å². The Morgan fingerprint density at radius 1 is 0.930 bits per heavy atom. The average molecular weight is 790 g/mol. The van der Waals surface area contributed by atoms with Crippen LogP contribution >= 0.6 is 0 Å². The van der Waals surface area contributed by atoms with Crippen LogP contribution in [0.1, 0.15) is 82.9 Å². The van der Waals surface area contributed by atoms with Gasteiger partial charge in [0.1, 0.15) is 17.4 Å². The third-order valence-electron chi connectivity index (χ3n) is 12.1. The molecule has 5 amide bonds. The van der Waals surface area contributed by atoms with E-state index in [0.717, 1.165) is 67.7 Å². The van der Waals surface area contributed by atoms with Crippen LogP contribution in [0.15, 0.2) is 42.7 Å². The largest absolute Gasteiger partial charge is 0.417 e. The summed E-state index contributed by atoms with van der Waals surface area (Å²) in [5, 5.41) is 18.2. The first kappa shape index (κ1) is 38.2. The van der Waals surface area contributed by atoms with Crippen molar-refractivity contribution in [3.63, 3.8) is 0 Å². The van der Waals surface area contributed by atoms with Crippen molar-refractivity contribution in [1.82, 2.24) is 29.8 Å². The molecule has 3 aromatic rings. The molecule has 2 N–H and O–H groups in total. The highest BCUT2D eigenvalue weighted by atomic mass is 19.4. The van der Waals surface area contributed by atoms with Crippen LogP contribution < -0.4 is 15.5 Å². The van der Waals surface area contributed by atoms with E-state index in [9.17, 15) is 37.1 Å². The normalized spacial score (nSPS) is 21.6. The lowest BCUT2D eigenvalue weighted by Gasteiger charge is -2.55. The van der Waals surface area contributed by atoms with Crippen molar-refractivity contribution in [1.29, 1.82) is 5.26 Å². The maximum atomic E-state index is 15.3. The van der Waals surface area contributed by atoms with Gasteiger partial charge in [0.2, 0.25) is 11.8 Å². The Kier molecular flexibility index (Phi) is 9.43. The van der Waals surface area contributed by atoms with Crippen LogP contribution in [0.2, 0.25) is 0 Å². The molecule has 0 aliphatic carbocycles. The number of nitriles is 1. The van der Waals surface area contributed by atoms with Crippen molar-refractivity contribution in [3.05, 3.63) is 76.4 Å². The Bertz CT molecular complexity index is 2230. The van der Waals surface area contributed by atoms with Gasteiger partial charge in [-0.1, -0.05) is 0 Å². The number of hydrogen-bond acceptors (Lipinski definition) is 10. The zero-order valence-corrected chi connectivity index (χ0v) is 31.1. The van der Waals surface area contributed by atoms with Gasteiger partial charge in [0.15, 0.2) is 0 Å². The highest BCUT2D eigenvalue weighted by Crippen LogP contribution is 2.38. The van der Waals surface area contributed by atoms with Crippen LogP contribution in [-0.4, -0.2) is 111 Å². The minimum absolute atomic E-state index is 0.00257. The molecule has 14 nitrogen and oxygen atoms in total. The first-order valence-electron chi connectivity index (χ1n) is 18.8. The van der Waals surface area contributed by atoms with Crippen molar-refractivity contribution in [3.8, 4) is 6.07 Å². The Labute approximate surface area is 324 Å². The van der Waals surface area contributed by atoms with E-state index in [4.69, 9.17) is 5.26 Å². The van der Waals surface area contributed by atoms with E-state index in [1.807, 2.05) is 11.1 Å². The van der Waals surface area contributed by atoms with Gasteiger partial charge in [-0.15, -0.1) is 0 Å². The number of rotatable bonds is 8. The number of nitrogens with one attached hydrogen (secondary N) is 2. The zero-order chi connectivity index (χ0) is 40.6. The molecule has 4 fully saturated rings. The Balaban J connectivity index is 0.809. The highest BCUT2D eigenvalue weighted by molar-refractivity contribution is 6.23. The molecule has 0 saturated carbocycles. The number of piperidine rings is 2. The third kappa shape index (κ3) is 6.82. The average Bonchev–Trinajstić information content (AvgIpc) is 3.72. The van der Waals surface area contributed by atoms with Crippen molar-refractivity contribution in [2.75, 3.05) is 49.5 Å². The number of amides is 5. The summed E-state index contributed by atoms with van der Waals surface area (Å²) in [6, 6.07) is 6.50. The summed E-state index contributed by atoms with van der Waals surface area (Å²) in [7, 11) is 0. The van der Waals surface area contributed by atoms with Gasteiger partial charge >= 0.3 is 6.18 Å². The van der Waals surface area contributed by atoms with E-state index < -0.39 is 64.2 Å². The number of benzene rings is 2. The van der Waals surface area contributed by atoms with Crippen LogP contribution in [0.25, 0.3) is 0 Å². The number of nitrogens with zero attached hydrogens (tertiary/aromatic N) is 7. The van der Waals surface area contributed by atoms with E-state index in [-0.39, 0.29) is 47.3 Å². The predicted molar refractivity (Wildman–Crippen MR) is 194 cm³/mol. The monoisotopic (exact) mass is 789 g/mol. The minimum atomic E-state index is -4.75. The molecule has 57 heavy (non-hydrogen) atoms. The smallest absolute Gasteiger partial charge is 0.366 e. The minimum Gasteiger partial charge on any atom is -0.366 e. The molecule has 6 heterocycles. The molecule has 5 aliphatic heterocycles. The fraction of sp³-hybridized carbons (Fsp3) is 0.462. The number of anilines is 2. The first-order chi connectivity index (χ1) is 27.0. The van der Waals surface area contributed by atoms with Crippen LogP contribution in [-0.2, 0) is 26.1 Å². The Hall–Kier alpha value is -5.67. The fourth-order valence-corrected chi connectivity index (χ4v) is 8.41. The molecular weight excluding hydrogens is 750 g/mol. The number of imide groups is 2. The van der Waals surface area contributed by atoms with E-state index in [1.54, 1.807) is 20.0 Å². The molecule has 1 atom stereocenters. The van der Waals surface area contributed by atoms with Gasteiger partial charge in [-0.3, -0.25) is 48.7 Å². The van der Waals surface area contributed by atoms with Gasteiger partial charge in [0, 0.05) is 56.6 Å². The first-order valence-corrected chi connectivity index (χ1v) is 18.8. The number of aromatic nitrogens is 2. The van der Waals surface area contributed by atoms with E-state index in [0.29, 0.717) is 19.1 Å². The summed E-state index contributed by atoms with van der Waals surface area (Å²) in [5.74, 6) is -3.57. The SMILES string of the molecule is CC(C)(C(=O)Nc1ccc(C#N)c(C(F)(F)F)c1)n1cc(C2CCN(C3CN(C4CN(c5cc6c(cc5F)C(=O)N(C5CCC(=O)NC5=O)C6=O)C4)C3)CC2)cn1. The fourth-order valence-electron chi connectivity index (χ4n) is 8.41. The summed E-state index contributed by atoms with van der Waals surface area (Å²) in [5.41, 5.74) is -1.79. The molecule has 1 aromatic heterocycles. The molecule has 2 aromatic carbocycles. The number of fused-ring (bicyclic) bond motifs is 1. The molecule has 0 bridgehead atoms.